The molecule has 5 nitrogen and oxygen atoms in total. The van der Waals surface area contributed by atoms with Gasteiger partial charge in [-0.1, -0.05) is 18.2 Å². The maximum Gasteiger partial charge on any atom is 0.223 e. The molecule has 3 heterocycles. The summed E-state index contributed by atoms with van der Waals surface area (Å²) in [6, 6.07) is 8.26. The number of benzene rings is 1. The number of aromatic nitrogens is 3. The Hall–Kier alpha value is -2.56. The summed E-state index contributed by atoms with van der Waals surface area (Å²) in [5.74, 6) is 0.236. The summed E-state index contributed by atoms with van der Waals surface area (Å²) < 4.78 is 2.13. The third kappa shape index (κ3) is 2.74. The van der Waals surface area contributed by atoms with Gasteiger partial charge in [0.15, 0.2) is 0 Å². The summed E-state index contributed by atoms with van der Waals surface area (Å²) in [7, 11) is 0. The summed E-state index contributed by atoms with van der Waals surface area (Å²) in [4.78, 5) is 19.8. The molecule has 2 aromatic heterocycles. The molecular weight excluding hydrogens is 288 g/mol. The highest BCUT2D eigenvalue weighted by Crippen LogP contribution is 2.20. The fourth-order valence-corrected chi connectivity index (χ4v) is 3.40. The quantitative estimate of drug-likeness (QED) is 0.777. The maximum absolute atomic E-state index is 12.4. The zero-order valence-electron chi connectivity index (χ0n) is 13.0. The van der Waals surface area contributed by atoms with E-state index in [1.165, 1.54) is 10.9 Å². The minimum absolute atomic E-state index is 0.0715. The number of aromatic amines is 1. The van der Waals surface area contributed by atoms with Crippen LogP contribution >= 0.6 is 0 Å². The van der Waals surface area contributed by atoms with Gasteiger partial charge in [-0.05, 0) is 24.5 Å². The lowest BCUT2D eigenvalue weighted by molar-refractivity contribution is -0.125. The van der Waals surface area contributed by atoms with E-state index in [4.69, 9.17) is 0 Å². The number of hydrogen-bond acceptors (Lipinski definition) is 2. The predicted octanol–water partition coefficient (Wildman–Crippen LogP) is 2.29. The Labute approximate surface area is 134 Å². The number of hydrogen-bond donors (Lipinski definition) is 2. The number of imidazole rings is 1. The standard InChI is InChI=1S/C18H20N4O/c23-18(13-6-8-22-12-19-11-15(22)9-13)20-7-5-14-10-21-17-4-2-1-3-16(14)17/h1-4,10-13,21H,5-9H2,(H,20,23). The van der Waals surface area contributed by atoms with E-state index in [0.717, 1.165) is 37.0 Å². The molecule has 4 rings (SSSR count). The van der Waals surface area contributed by atoms with E-state index < -0.39 is 0 Å². The molecule has 1 atom stereocenters. The van der Waals surface area contributed by atoms with Crippen LogP contribution in [0.2, 0.25) is 0 Å². The van der Waals surface area contributed by atoms with Crippen LogP contribution in [-0.2, 0) is 24.2 Å². The van der Waals surface area contributed by atoms with Crippen molar-refractivity contribution >= 4 is 16.8 Å². The van der Waals surface area contributed by atoms with E-state index >= 15 is 0 Å². The van der Waals surface area contributed by atoms with Crippen molar-refractivity contribution in [3.05, 3.63) is 54.2 Å². The first-order chi connectivity index (χ1) is 11.3. The third-order valence-corrected chi connectivity index (χ3v) is 4.71. The Morgan fingerprint density at radius 2 is 2.30 bits per heavy atom. The molecular formula is C18H20N4O. The first-order valence-electron chi connectivity index (χ1n) is 8.13. The van der Waals surface area contributed by atoms with Crippen LogP contribution in [0.4, 0.5) is 0 Å². The van der Waals surface area contributed by atoms with Gasteiger partial charge in [0.1, 0.15) is 0 Å². The second kappa shape index (κ2) is 5.91. The number of rotatable bonds is 4. The summed E-state index contributed by atoms with van der Waals surface area (Å²) in [5, 5.41) is 4.34. The molecule has 1 aliphatic rings. The zero-order valence-corrected chi connectivity index (χ0v) is 13.0. The number of amides is 1. The van der Waals surface area contributed by atoms with Crippen LogP contribution in [0.25, 0.3) is 10.9 Å². The molecule has 0 aliphatic carbocycles. The van der Waals surface area contributed by atoms with Crippen molar-refractivity contribution in [3.63, 3.8) is 0 Å². The Bertz CT molecular complexity index is 832. The average molecular weight is 308 g/mol. The van der Waals surface area contributed by atoms with Crippen molar-refractivity contribution in [1.82, 2.24) is 19.9 Å². The lowest BCUT2D eigenvalue weighted by atomic mass is 9.95. The van der Waals surface area contributed by atoms with Gasteiger partial charge in [-0.2, -0.15) is 0 Å². The fourth-order valence-electron chi connectivity index (χ4n) is 3.40. The minimum atomic E-state index is 0.0715. The van der Waals surface area contributed by atoms with Crippen LogP contribution in [0.5, 0.6) is 0 Å². The van der Waals surface area contributed by atoms with Crippen molar-refractivity contribution in [2.24, 2.45) is 5.92 Å². The average Bonchev–Trinajstić information content (AvgIpc) is 3.21. The molecule has 0 radical (unpaired) electrons. The van der Waals surface area contributed by atoms with Gasteiger partial charge >= 0.3 is 0 Å². The molecule has 0 fully saturated rings. The number of aryl methyl sites for hydroxylation is 1. The number of para-hydroxylation sites is 1. The smallest absolute Gasteiger partial charge is 0.223 e. The lowest BCUT2D eigenvalue weighted by Gasteiger charge is -2.22. The normalized spacial score (nSPS) is 17.1. The molecule has 0 saturated heterocycles. The van der Waals surface area contributed by atoms with E-state index in [1.54, 1.807) is 0 Å². The monoisotopic (exact) mass is 308 g/mol. The van der Waals surface area contributed by atoms with Gasteiger partial charge in [-0.25, -0.2) is 4.98 Å². The number of fused-ring (bicyclic) bond motifs is 2. The van der Waals surface area contributed by atoms with Gasteiger partial charge in [-0.15, -0.1) is 0 Å². The fraction of sp³-hybridized carbons (Fsp3) is 0.333. The molecule has 0 bridgehead atoms. The van der Waals surface area contributed by atoms with Crippen molar-refractivity contribution in [1.29, 1.82) is 0 Å². The summed E-state index contributed by atoms with van der Waals surface area (Å²) in [6.07, 6.45) is 8.28. The van der Waals surface area contributed by atoms with E-state index in [9.17, 15) is 4.79 Å². The molecule has 1 aromatic carbocycles. The highest BCUT2D eigenvalue weighted by atomic mass is 16.1. The first-order valence-corrected chi connectivity index (χ1v) is 8.13. The summed E-state index contributed by atoms with van der Waals surface area (Å²) >= 11 is 0. The maximum atomic E-state index is 12.4. The number of nitrogens with zero attached hydrogens (tertiary/aromatic N) is 2. The molecule has 118 valence electrons. The minimum Gasteiger partial charge on any atom is -0.361 e. The van der Waals surface area contributed by atoms with Crippen LogP contribution in [0.15, 0.2) is 43.0 Å². The zero-order chi connectivity index (χ0) is 15.6. The van der Waals surface area contributed by atoms with Crippen molar-refractivity contribution in [3.8, 4) is 0 Å². The molecule has 0 spiro atoms. The Morgan fingerprint density at radius 1 is 1.39 bits per heavy atom. The molecule has 0 saturated carbocycles. The van der Waals surface area contributed by atoms with Gasteiger partial charge in [-0.3, -0.25) is 4.79 Å². The largest absolute Gasteiger partial charge is 0.361 e. The third-order valence-electron chi connectivity index (χ3n) is 4.71. The van der Waals surface area contributed by atoms with Crippen LogP contribution in [0, 0.1) is 5.92 Å². The first kappa shape index (κ1) is 14.1. The summed E-state index contributed by atoms with van der Waals surface area (Å²) in [5.41, 5.74) is 3.56. The predicted molar refractivity (Wildman–Crippen MR) is 89.1 cm³/mol. The number of H-pyrrole nitrogens is 1. The summed E-state index contributed by atoms with van der Waals surface area (Å²) in [6.45, 7) is 1.56. The van der Waals surface area contributed by atoms with E-state index in [2.05, 4.69) is 32.0 Å². The molecule has 3 aromatic rings. The van der Waals surface area contributed by atoms with Gasteiger partial charge in [0.2, 0.25) is 5.91 Å². The highest BCUT2D eigenvalue weighted by molar-refractivity contribution is 5.83. The number of carbonyl (C=O) groups excluding carboxylic acids is 1. The molecule has 5 heteroatoms. The van der Waals surface area contributed by atoms with Crippen LogP contribution in [0.1, 0.15) is 17.7 Å². The SMILES string of the molecule is O=C(NCCc1c[nH]c2ccccc12)C1CCn2cncc2C1. The molecule has 1 amide bonds. The topological polar surface area (TPSA) is 62.7 Å². The molecule has 1 aliphatic heterocycles. The number of nitrogens with one attached hydrogen (secondary N) is 2. The van der Waals surface area contributed by atoms with Crippen molar-refractivity contribution < 1.29 is 4.79 Å². The van der Waals surface area contributed by atoms with Gasteiger partial charge in [0.25, 0.3) is 0 Å². The van der Waals surface area contributed by atoms with Crippen LogP contribution < -0.4 is 5.32 Å². The highest BCUT2D eigenvalue weighted by Gasteiger charge is 2.24. The van der Waals surface area contributed by atoms with Gasteiger partial charge < -0.3 is 14.9 Å². The Kier molecular flexibility index (Phi) is 3.61. The molecule has 23 heavy (non-hydrogen) atoms. The Balaban J connectivity index is 1.34. The van der Waals surface area contributed by atoms with E-state index in [0.29, 0.717) is 6.54 Å². The lowest BCUT2D eigenvalue weighted by Crippen LogP contribution is -2.36. The van der Waals surface area contributed by atoms with Gasteiger partial charge in [0, 0.05) is 54.4 Å². The van der Waals surface area contributed by atoms with Crippen molar-refractivity contribution in [2.75, 3.05) is 6.54 Å². The van der Waals surface area contributed by atoms with Crippen molar-refractivity contribution in [2.45, 2.75) is 25.8 Å². The van der Waals surface area contributed by atoms with Crippen LogP contribution in [-0.4, -0.2) is 27.0 Å². The van der Waals surface area contributed by atoms with Crippen LogP contribution in [0.3, 0.4) is 0 Å². The second-order valence-corrected chi connectivity index (χ2v) is 6.17. The van der Waals surface area contributed by atoms with E-state index in [-0.39, 0.29) is 11.8 Å². The second-order valence-electron chi connectivity index (χ2n) is 6.17. The van der Waals surface area contributed by atoms with Gasteiger partial charge in [0.05, 0.1) is 6.33 Å². The van der Waals surface area contributed by atoms with E-state index in [1.807, 2.05) is 30.9 Å². The number of carbonyl (C=O) groups is 1. The molecule has 1 unspecified atom stereocenters. The Morgan fingerprint density at radius 3 is 3.26 bits per heavy atom. The molecule has 2 N–H and O–H groups in total.